The number of esters is 1. The van der Waals surface area contributed by atoms with Gasteiger partial charge < -0.3 is 9.64 Å². The van der Waals surface area contributed by atoms with E-state index in [9.17, 15) is 9.59 Å². The highest BCUT2D eigenvalue weighted by Gasteiger charge is 2.21. The van der Waals surface area contributed by atoms with Gasteiger partial charge in [0.05, 0.1) is 5.56 Å². The molecule has 0 saturated heterocycles. The summed E-state index contributed by atoms with van der Waals surface area (Å²) in [6, 6.07) is 22.0. The number of carbonyl (C=O) groups excluding carboxylic acids is 2. The summed E-state index contributed by atoms with van der Waals surface area (Å²) in [5.41, 5.74) is 1.17. The molecule has 1 unspecified atom stereocenters. The summed E-state index contributed by atoms with van der Waals surface area (Å²) in [6.07, 6.45) is 0.150. The molecular weight excluding hydrogens is 358 g/mol. The van der Waals surface area contributed by atoms with Crippen molar-refractivity contribution in [2.24, 2.45) is 0 Å². The Morgan fingerprint density at radius 2 is 1.56 bits per heavy atom. The van der Waals surface area contributed by atoms with Crippen molar-refractivity contribution in [3.8, 4) is 0 Å². The number of thiophene rings is 1. The molecule has 0 spiro atoms. The van der Waals surface area contributed by atoms with Gasteiger partial charge in [0.25, 0.3) is 5.91 Å². The van der Waals surface area contributed by atoms with Crippen LogP contribution in [0.3, 0.4) is 0 Å². The van der Waals surface area contributed by atoms with Crippen LogP contribution in [0.2, 0.25) is 0 Å². The van der Waals surface area contributed by atoms with Crippen molar-refractivity contribution in [3.63, 3.8) is 0 Å². The molecule has 2 aromatic carbocycles. The molecule has 5 heteroatoms. The average molecular weight is 379 g/mol. The second-order valence-electron chi connectivity index (χ2n) is 6.16. The Hall–Kier alpha value is -2.92. The van der Waals surface area contributed by atoms with Crippen LogP contribution in [0.25, 0.3) is 0 Å². The van der Waals surface area contributed by atoms with Crippen LogP contribution in [0.1, 0.15) is 38.1 Å². The highest BCUT2D eigenvalue weighted by Crippen LogP contribution is 2.27. The number of hydrogen-bond acceptors (Lipinski definition) is 4. The lowest BCUT2D eigenvalue weighted by molar-refractivity contribution is 0.0266. The average Bonchev–Trinajstić information content (AvgIpc) is 3.26. The second kappa shape index (κ2) is 9.14. The van der Waals surface area contributed by atoms with Gasteiger partial charge in [0.15, 0.2) is 0 Å². The topological polar surface area (TPSA) is 46.6 Å². The molecule has 0 aliphatic heterocycles. The minimum atomic E-state index is -0.385. The highest BCUT2D eigenvalue weighted by molar-refractivity contribution is 7.10. The molecule has 0 aliphatic rings. The number of hydrogen-bond donors (Lipinski definition) is 0. The number of benzene rings is 2. The van der Waals surface area contributed by atoms with E-state index < -0.39 is 0 Å². The fraction of sp³-hybridized carbons (Fsp3) is 0.182. The van der Waals surface area contributed by atoms with Crippen LogP contribution >= 0.6 is 11.3 Å². The van der Waals surface area contributed by atoms with Crippen molar-refractivity contribution >= 4 is 23.2 Å². The Bertz CT molecular complexity index is 863. The zero-order valence-corrected chi connectivity index (χ0v) is 15.9. The van der Waals surface area contributed by atoms with Crippen LogP contribution < -0.4 is 0 Å². The quantitative estimate of drug-likeness (QED) is 0.554. The van der Waals surface area contributed by atoms with Gasteiger partial charge in [-0.25, -0.2) is 4.79 Å². The van der Waals surface area contributed by atoms with Crippen LogP contribution in [0.5, 0.6) is 0 Å². The lowest BCUT2D eigenvalue weighted by Crippen LogP contribution is -2.29. The van der Waals surface area contributed by atoms with Crippen molar-refractivity contribution in [1.82, 2.24) is 4.90 Å². The fourth-order valence-electron chi connectivity index (χ4n) is 2.72. The van der Waals surface area contributed by atoms with Crippen molar-refractivity contribution in [2.75, 3.05) is 13.6 Å². The van der Waals surface area contributed by atoms with E-state index in [4.69, 9.17) is 4.74 Å². The molecule has 1 amide bonds. The summed E-state index contributed by atoms with van der Waals surface area (Å²) < 4.78 is 5.75. The Balaban J connectivity index is 1.66. The predicted octanol–water partition coefficient (Wildman–Crippen LogP) is 4.81. The SMILES string of the molecule is CN(CCC(OC(=O)c1ccccc1)c1cccs1)C(=O)c1ccccc1. The van der Waals surface area contributed by atoms with Gasteiger partial charge >= 0.3 is 5.97 Å². The number of amides is 1. The minimum Gasteiger partial charge on any atom is -0.453 e. The first kappa shape index (κ1) is 18.9. The second-order valence-corrected chi connectivity index (χ2v) is 7.14. The molecule has 4 nitrogen and oxygen atoms in total. The van der Waals surface area contributed by atoms with Gasteiger partial charge in [0, 0.05) is 30.5 Å². The third kappa shape index (κ3) is 5.05. The van der Waals surface area contributed by atoms with E-state index >= 15 is 0 Å². The summed E-state index contributed by atoms with van der Waals surface area (Å²) in [4.78, 5) is 27.6. The molecule has 0 radical (unpaired) electrons. The molecule has 0 aliphatic carbocycles. The van der Waals surface area contributed by atoms with Gasteiger partial charge in [-0.2, -0.15) is 0 Å². The van der Waals surface area contributed by atoms with Crippen molar-refractivity contribution in [1.29, 1.82) is 0 Å². The molecule has 1 heterocycles. The van der Waals surface area contributed by atoms with Crippen molar-refractivity contribution in [2.45, 2.75) is 12.5 Å². The molecule has 0 N–H and O–H groups in total. The molecule has 0 bridgehead atoms. The standard InChI is InChI=1S/C22H21NO3S/c1-23(21(24)17-9-4-2-5-10-17)15-14-19(20-13-8-16-27-20)26-22(25)18-11-6-3-7-12-18/h2-13,16,19H,14-15H2,1H3. The maximum Gasteiger partial charge on any atom is 0.338 e. The maximum atomic E-state index is 12.5. The first-order chi connectivity index (χ1) is 13.1. The van der Waals surface area contributed by atoms with Gasteiger partial charge in [0.1, 0.15) is 6.10 Å². The van der Waals surface area contributed by atoms with Gasteiger partial charge in [-0.1, -0.05) is 42.5 Å². The molecule has 3 rings (SSSR count). The third-order valence-electron chi connectivity index (χ3n) is 4.21. The van der Waals surface area contributed by atoms with Crippen LogP contribution in [0.15, 0.2) is 78.2 Å². The van der Waals surface area contributed by atoms with Crippen molar-refractivity contribution < 1.29 is 14.3 Å². The first-order valence-corrected chi connectivity index (χ1v) is 9.63. The first-order valence-electron chi connectivity index (χ1n) is 8.75. The Morgan fingerprint density at radius 3 is 2.15 bits per heavy atom. The van der Waals surface area contributed by atoms with E-state index in [0.717, 1.165) is 4.88 Å². The zero-order chi connectivity index (χ0) is 19.1. The Labute approximate surface area is 163 Å². The van der Waals surface area contributed by atoms with Gasteiger partial charge in [-0.3, -0.25) is 4.79 Å². The normalized spacial score (nSPS) is 11.6. The summed E-state index contributed by atoms with van der Waals surface area (Å²) in [5.74, 6) is -0.402. The number of ether oxygens (including phenoxy) is 1. The summed E-state index contributed by atoms with van der Waals surface area (Å²) in [7, 11) is 1.76. The van der Waals surface area contributed by atoms with Crippen LogP contribution in [-0.2, 0) is 4.74 Å². The van der Waals surface area contributed by atoms with E-state index in [1.807, 2.05) is 53.9 Å². The molecule has 3 aromatic rings. The van der Waals surface area contributed by atoms with Crippen LogP contribution in [-0.4, -0.2) is 30.4 Å². The number of carbonyl (C=O) groups is 2. The molecule has 0 fully saturated rings. The number of nitrogens with zero attached hydrogens (tertiary/aromatic N) is 1. The summed E-state index contributed by atoms with van der Waals surface area (Å²) >= 11 is 1.54. The zero-order valence-electron chi connectivity index (χ0n) is 15.1. The lowest BCUT2D eigenvalue weighted by Gasteiger charge is -2.22. The van der Waals surface area contributed by atoms with E-state index in [1.54, 1.807) is 47.5 Å². The third-order valence-corrected chi connectivity index (χ3v) is 5.18. The van der Waals surface area contributed by atoms with Gasteiger partial charge in [-0.15, -0.1) is 11.3 Å². The smallest absolute Gasteiger partial charge is 0.338 e. The highest BCUT2D eigenvalue weighted by atomic mass is 32.1. The van der Waals surface area contributed by atoms with Crippen LogP contribution in [0, 0.1) is 0 Å². The molecular formula is C22H21NO3S. The predicted molar refractivity (Wildman–Crippen MR) is 107 cm³/mol. The lowest BCUT2D eigenvalue weighted by atomic mass is 10.1. The maximum absolute atomic E-state index is 12.5. The molecule has 1 aromatic heterocycles. The van der Waals surface area contributed by atoms with E-state index in [1.165, 1.54) is 0 Å². The largest absolute Gasteiger partial charge is 0.453 e. The summed E-state index contributed by atoms with van der Waals surface area (Å²) in [6.45, 7) is 0.484. The monoisotopic (exact) mass is 379 g/mol. The van der Waals surface area contributed by atoms with E-state index in [0.29, 0.717) is 24.1 Å². The Kier molecular flexibility index (Phi) is 6.39. The van der Waals surface area contributed by atoms with E-state index in [-0.39, 0.29) is 18.0 Å². The molecule has 1 atom stereocenters. The minimum absolute atomic E-state index is 0.0464. The summed E-state index contributed by atoms with van der Waals surface area (Å²) in [5, 5.41) is 1.96. The van der Waals surface area contributed by atoms with Crippen LogP contribution in [0.4, 0.5) is 0 Å². The van der Waals surface area contributed by atoms with E-state index in [2.05, 4.69) is 0 Å². The fourth-order valence-corrected chi connectivity index (χ4v) is 3.51. The molecule has 138 valence electrons. The Morgan fingerprint density at radius 1 is 0.926 bits per heavy atom. The molecule has 0 saturated carbocycles. The van der Waals surface area contributed by atoms with Gasteiger partial charge in [-0.05, 0) is 35.7 Å². The van der Waals surface area contributed by atoms with Gasteiger partial charge in [0.2, 0.25) is 0 Å². The van der Waals surface area contributed by atoms with Crippen molar-refractivity contribution in [3.05, 3.63) is 94.2 Å². The number of rotatable bonds is 7. The molecule has 27 heavy (non-hydrogen) atoms.